The van der Waals surface area contributed by atoms with Crippen LogP contribution in [0, 0.1) is 5.82 Å². The molecule has 0 N–H and O–H groups in total. The molecule has 18 heavy (non-hydrogen) atoms. The highest BCUT2D eigenvalue weighted by Gasteiger charge is 2.22. The molecule has 2 aromatic rings. The summed E-state index contributed by atoms with van der Waals surface area (Å²) >= 11 is 5.76. The molecule has 0 amide bonds. The van der Waals surface area contributed by atoms with E-state index >= 15 is 0 Å². The number of ketones is 1. The van der Waals surface area contributed by atoms with Crippen LogP contribution in [0.5, 0.6) is 0 Å². The standard InChI is InChI=1S/C13H10ClFN2O/c14-10-6-8(4-5-11(10)15)17-12-2-1-3-13(18)9(12)7-16-17/h4-7H,1-3H2. The first-order chi connectivity index (χ1) is 8.66. The van der Waals surface area contributed by atoms with Crippen molar-refractivity contribution in [1.29, 1.82) is 0 Å². The van der Waals surface area contributed by atoms with Crippen LogP contribution in [0.4, 0.5) is 4.39 Å². The fraction of sp³-hybridized carbons (Fsp3) is 0.231. The Hall–Kier alpha value is -1.68. The van der Waals surface area contributed by atoms with Gasteiger partial charge in [-0.15, -0.1) is 0 Å². The number of hydrogen-bond donors (Lipinski definition) is 0. The molecule has 0 saturated heterocycles. The molecule has 3 nitrogen and oxygen atoms in total. The number of halogens is 2. The third kappa shape index (κ3) is 1.73. The zero-order valence-corrected chi connectivity index (χ0v) is 10.2. The summed E-state index contributed by atoms with van der Waals surface area (Å²) < 4.78 is 14.8. The normalized spacial score (nSPS) is 14.7. The number of carbonyl (C=O) groups excluding carboxylic acids is 1. The Labute approximate surface area is 108 Å². The Morgan fingerprint density at radius 1 is 1.33 bits per heavy atom. The predicted octanol–water partition coefficient (Wildman–Crippen LogP) is 3.18. The van der Waals surface area contributed by atoms with Crippen LogP contribution < -0.4 is 0 Å². The molecule has 92 valence electrons. The van der Waals surface area contributed by atoms with E-state index in [0.717, 1.165) is 18.5 Å². The number of hydrogen-bond acceptors (Lipinski definition) is 2. The van der Waals surface area contributed by atoms with Gasteiger partial charge in [0.2, 0.25) is 0 Å². The van der Waals surface area contributed by atoms with Crippen molar-refractivity contribution in [2.24, 2.45) is 0 Å². The molecule has 5 heteroatoms. The van der Waals surface area contributed by atoms with Gasteiger partial charge in [0.1, 0.15) is 5.82 Å². The lowest BCUT2D eigenvalue weighted by Crippen LogP contribution is -2.12. The van der Waals surface area contributed by atoms with Crippen LogP contribution in [0.15, 0.2) is 24.4 Å². The summed E-state index contributed by atoms with van der Waals surface area (Å²) in [6.07, 6.45) is 3.78. The zero-order valence-electron chi connectivity index (χ0n) is 9.49. The van der Waals surface area contributed by atoms with Gasteiger partial charge in [0.25, 0.3) is 0 Å². The van der Waals surface area contributed by atoms with E-state index < -0.39 is 5.82 Å². The first kappa shape index (κ1) is 11.4. The van der Waals surface area contributed by atoms with Crippen molar-refractivity contribution in [2.75, 3.05) is 0 Å². The highest BCUT2D eigenvalue weighted by molar-refractivity contribution is 6.30. The van der Waals surface area contributed by atoms with Crippen LogP contribution in [0.3, 0.4) is 0 Å². The van der Waals surface area contributed by atoms with Crippen molar-refractivity contribution >= 4 is 17.4 Å². The zero-order chi connectivity index (χ0) is 12.7. The Morgan fingerprint density at radius 3 is 2.94 bits per heavy atom. The van der Waals surface area contributed by atoms with E-state index in [9.17, 15) is 9.18 Å². The molecule has 1 aliphatic carbocycles. The van der Waals surface area contributed by atoms with Crippen molar-refractivity contribution in [1.82, 2.24) is 9.78 Å². The second-order valence-electron chi connectivity index (χ2n) is 4.29. The smallest absolute Gasteiger partial charge is 0.166 e. The van der Waals surface area contributed by atoms with Crippen molar-refractivity contribution in [3.63, 3.8) is 0 Å². The molecule has 0 atom stereocenters. The van der Waals surface area contributed by atoms with Crippen molar-refractivity contribution in [3.8, 4) is 5.69 Å². The molecule has 0 unspecified atom stereocenters. The maximum Gasteiger partial charge on any atom is 0.166 e. The first-order valence-electron chi connectivity index (χ1n) is 5.72. The lowest BCUT2D eigenvalue weighted by atomic mass is 9.97. The minimum atomic E-state index is -0.461. The second-order valence-corrected chi connectivity index (χ2v) is 4.70. The van der Waals surface area contributed by atoms with E-state index in [1.54, 1.807) is 16.9 Å². The molecule has 1 aromatic heterocycles. The van der Waals surface area contributed by atoms with Gasteiger partial charge in [-0.2, -0.15) is 5.10 Å². The van der Waals surface area contributed by atoms with E-state index in [1.165, 1.54) is 12.1 Å². The number of benzene rings is 1. The minimum absolute atomic E-state index is 0.0545. The summed E-state index contributed by atoms with van der Waals surface area (Å²) in [5.74, 6) is -0.340. The van der Waals surface area contributed by atoms with Gasteiger partial charge < -0.3 is 0 Å². The van der Waals surface area contributed by atoms with Gasteiger partial charge in [0.05, 0.1) is 28.2 Å². The maximum atomic E-state index is 13.1. The third-order valence-corrected chi connectivity index (χ3v) is 3.42. The number of fused-ring (bicyclic) bond motifs is 1. The lowest BCUT2D eigenvalue weighted by Gasteiger charge is -2.13. The van der Waals surface area contributed by atoms with Crippen LogP contribution in [-0.4, -0.2) is 15.6 Å². The third-order valence-electron chi connectivity index (χ3n) is 3.13. The Morgan fingerprint density at radius 2 is 2.17 bits per heavy atom. The number of carbonyl (C=O) groups is 1. The van der Waals surface area contributed by atoms with Gasteiger partial charge in [-0.1, -0.05) is 11.6 Å². The van der Waals surface area contributed by atoms with E-state index in [-0.39, 0.29) is 10.8 Å². The molecule has 0 radical (unpaired) electrons. The van der Waals surface area contributed by atoms with Crippen LogP contribution in [0.2, 0.25) is 5.02 Å². The minimum Gasteiger partial charge on any atom is -0.294 e. The fourth-order valence-corrected chi connectivity index (χ4v) is 2.41. The topological polar surface area (TPSA) is 34.9 Å². The lowest BCUT2D eigenvalue weighted by molar-refractivity contribution is 0.0972. The molecule has 1 heterocycles. The van der Waals surface area contributed by atoms with Gasteiger partial charge in [-0.3, -0.25) is 4.79 Å². The van der Waals surface area contributed by atoms with Crippen molar-refractivity contribution in [2.45, 2.75) is 19.3 Å². The maximum absolute atomic E-state index is 13.1. The van der Waals surface area contributed by atoms with E-state index in [2.05, 4.69) is 5.10 Å². The summed E-state index contributed by atoms with van der Waals surface area (Å²) in [5, 5.41) is 4.26. The molecule has 0 saturated carbocycles. The van der Waals surface area contributed by atoms with Gasteiger partial charge in [0.15, 0.2) is 5.78 Å². The summed E-state index contributed by atoms with van der Waals surface area (Å²) in [5.41, 5.74) is 2.23. The van der Waals surface area contributed by atoms with Crippen molar-refractivity contribution in [3.05, 3.63) is 46.5 Å². The molecular weight excluding hydrogens is 255 g/mol. The second kappa shape index (κ2) is 4.21. The fourth-order valence-electron chi connectivity index (χ4n) is 2.24. The SMILES string of the molecule is O=C1CCCc2c1cnn2-c1ccc(F)c(Cl)c1. The Kier molecular flexibility index (Phi) is 2.67. The number of aromatic nitrogens is 2. The van der Waals surface area contributed by atoms with E-state index in [4.69, 9.17) is 11.6 Å². The first-order valence-corrected chi connectivity index (χ1v) is 6.10. The molecular formula is C13H10ClFN2O. The molecule has 1 aromatic carbocycles. The highest BCUT2D eigenvalue weighted by Crippen LogP contribution is 2.25. The molecule has 3 rings (SSSR count). The highest BCUT2D eigenvalue weighted by atomic mass is 35.5. The van der Waals surface area contributed by atoms with Crippen LogP contribution in [0.25, 0.3) is 5.69 Å². The molecule has 0 spiro atoms. The van der Waals surface area contributed by atoms with Gasteiger partial charge >= 0.3 is 0 Å². The summed E-state index contributed by atoms with van der Waals surface area (Å²) in [6, 6.07) is 4.42. The van der Waals surface area contributed by atoms with Crippen LogP contribution in [-0.2, 0) is 6.42 Å². The number of rotatable bonds is 1. The van der Waals surface area contributed by atoms with Crippen LogP contribution in [0.1, 0.15) is 28.9 Å². The van der Waals surface area contributed by atoms with Gasteiger partial charge in [-0.05, 0) is 31.0 Å². The van der Waals surface area contributed by atoms with E-state index in [1.807, 2.05) is 0 Å². The summed E-state index contributed by atoms with van der Waals surface area (Å²) in [7, 11) is 0. The average molecular weight is 265 g/mol. The Bertz CT molecular complexity index is 636. The van der Waals surface area contributed by atoms with Crippen molar-refractivity contribution < 1.29 is 9.18 Å². The largest absolute Gasteiger partial charge is 0.294 e. The monoisotopic (exact) mass is 264 g/mol. The summed E-state index contributed by atoms with van der Waals surface area (Å²) in [4.78, 5) is 11.7. The molecule has 0 bridgehead atoms. The number of nitrogens with zero attached hydrogens (tertiary/aromatic N) is 2. The average Bonchev–Trinajstić information content (AvgIpc) is 2.78. The molecule has 1 aliphatic rings. The molecule has 0 aliphatic heterocycles. The summed E-state index contributed by atoms with van der Waals surface area (Å²) in [6.45, 7) is 0. The molecule has 0 fully saturated rings. The Balaban J connectivity index is 2.12. The number of Topliss-reactive ketones (excluding diaryl/α,β-unsaturated/α-hetero) is 1. The predicted molar refractivity (Wildman–Crippen MR) is 65.8 cm³/mol. The van der Waals surface area contributed by atoms with Gasteiger partial charge in [0, 0.05) is 6.42 Å². The van der Waals surface area contributed by atoms with Crippen LogP contribution >= 0.6 is 11.6 Å². The van der Waals surface area contributed by atoms with E-state index in [0.29, 0.717) is 17.7 Å². The quantitative estimate of drug-likeness (QED) is 0.793. The van der Waals surface area contributed by atoms with Gasteiger partial charge in [-0.25, -0.2) is 9.07 Å².